The van der Waals surface area contributed by atoms with Crippen LogP contribution in [-0.2, 0) is 0 Å². The molecule has 1 aliphatic carbocycles. The Hall–Kier alpha value is -0.730. The van der Waals surface area contributed by atoms with E-state index < -0.39 is 0 Å². The van der Waals surface area contributed by atoms with E-state index in [0.29, 0.717) is 6.04 Å². The van der Waals surface area contributed by atoms with Gasteiger partial charge < -0.3 is 10.6 Å². The lowest BCUT2D eigenvalue weighted by Crippen LogP contribution is -2.44. The molecule has 0 aromatic rings. The summed E-state index contributed by atoms with van der Waals surface area (Å²) in [5.41, 5.74) is 6.16. The average Bonchev–Trinajstić information content (AvgIpc) is 2.69. The third-order valence-electron chi connectivity index (χ3n) is 3.40. The van der Waals surface area contributed by atoms with Crippen molar-refractivity contribution in [2.45, 2.75) is 71.9 Å². The smallest absolute Gasteiger partial charge is 0.191 e. The molecule has 1 fully saturated rings. The molecular formula is C14H29N3. The van der Waals surface area contributed by atoms with Gasteiger partial charge in [0.05, 0.1) is 0 Å². The van der Waals surface area contributed by atoms with Crippen LogP contribution in [0, 0.1) is 5.92 Å². The lowest BCUT2D eigenvalue weighted by Gasteiger charge is -2.31. The predicted octanol–water partition coefficient (Wildman–Crippen LogP) is 3.00. The van der Waals surface area contributed by atoms with Gasteiger partial charge in [0, 0.05) is 18.6 Å². The Labute approximate surface area is 106 Å². The van der Waals surface area contributed by atoms with Crippen molar-refractivity contribution in [3.8, 4) is 0 Å². The highest BCUT2D eigenvalue weighted by Gasteiger charge is 2.24. The molecule has 0 aliphatic heterocycles. The van der Waals surface area contributed by atoms with Crippen LogP contribution in [0.15, 0.2) is 4.99 Å². The summed E-state index contributed by atoms with van der Waals surface area (Å²) in [6.45, 7) is 9.76. The van der Waals surface area contributed by atoms with Crippen LogP contribution in [0.1, 0.15) is 59.8 Å². The van der Waals surface area contributed by atoms with Crippen LogP contribution in [0.25, 0.3) is 0 Å². The Kier molecular flexibility index (Phi) is 5.79. The van der Waals surface area contributed by atoms with Crippen molar-refractivity contribution in [1.29, 1.82) is 0 Å². The fourth-order valence-electron chi connectivity index (χ4n) is 2.44. The molecule has 2 N–H and O–H groups in total. The largest absolute Gasteiger partial charge is 0.370 e. The number of nitrogens with two attached hydrogens (primary N) is 1. The van der Waals surface area contributed by atoms with E-state index in [-0.39, 0.29) is 6.04 Å². The monoisotopic (exact) mass is 239 g/mol. The normalized spacial score (nSPS) is 18.4. The Balaban J connectivity index is 2.63. The molecule has 0 spiro atoms. The van der Waals surface area contributed by atoms with Crippen molar-refractivity contribution in [2.24, 2.45) is 16.6 Å². The molecule has 0 unspecified atom stereocenters. The first-order valence-corrected chi connectivity index (χ1v) is 7.10. The zero-order valence-electron chi connectivity index (χ0n) is 11.9. The highest BCUT2D eigenvalue weighted by atomic mass is 15.3. The summed E-state index contributed by atoms with van der Waals surface area (Å²) in [4.78, 5) is 6.87. The van der Waals surface area contributed by atoms with Crippen LogP contribution >= 0.6 is 0 Å². The number of hydrogen-bond donors (Lipinski definition) is 1. The summed E-state index contributed by atoms with van der Waals surface area (Å²) < 4.78 is 0. The van der Waals surface area contributed by atoms with Crippen LogP contribution in [0.4, 0.5) is 0 Å². The van der Waals surface area contributed by atoms with E-state index in [1.165, 1.54) is 32.1 Å². The van der Waals surface area contributed by atoms with Gasteiger partial charge in [0.25, 0.3) is 0 Å². The molecule has 1 rings (SSSR count). The topological polar surface area (TPSA) is 41.6 Å². The first kappa shape index (κ1) is 14.3. The highest BCUT2D eigenvalue weighted by molar-refractivity contribution is 5.78. The van der Waals surface area contributed by atoms with Gasteiger partial charge in [-0.15, -0.1) is 0 Å². The maximum absolute atomic E-state index is 6.16. The van der Waals surface area contributed by atoms with Gasteiger partial charge >= 0.3 is 0 Å². The second kappa shape index (κ2) is 6.87. The average molecular weight is 239 g/mol. The third-order valence-corrected chi connectivity index (χ3v) is 3.40. The fraction of sp³-hybridized carbons (Fsp3) is 0.929. The van der Waals surface area contributed by atoms with Crippen LogP contribution in [0.2, 0.25) is 0 Å². The standard InChI is InChI=1S/C14H29N3/c1-11(2)9-10-17(13-7-5-6-8-13)14(15)16-12(3)4/h11-13H,5-10H2,1-4H3,(H2,15,16). The summed E-state index contributed by atoms with van der Waals surface area (Å²) in [7, 11) is 0. The maximum Gasteiger partial charge on any atom is 0.191 e. The van der Waals surface area contributed by atoms with E-state index in [2.05, 4.69) is 37.6 Å². The van der Waals surface area contributed by atoms with Crippen molar-refractivity contribution in [2.75, 3.05) is 6.54 Å². The summed E-state index contributed by atoms with van der Waals surface area (Å²) in [5.74, 6) is 1.48. The SMILES string of the molecule is CC(C)CCN(C(N)=NC(C)C)C1CCCC1. The molecule has 0 aromatic heterocycles. The maximum atomic E-state index is 6.16. The molecular weight excluding hydrogens is 210 g/mol. The summed E-state index contributed by atoms with van der Waals surface area (Å²) in [5, 5.41) is 0. The fourth-order valence-corrected chi connectivity index (χ4v) is 2.44. The quantitative estimate of drug-likeness (QED) is 0.592. The Morgan fingerprint density at radius 2 is 1.82 bits per heavy atom. The molecule has 1 aliphatic rings. The molecule has 0 aromatic carbocycles. The molecule has 0 heterocycles. The lowest BCUT2D eigenvalue weighted by molar-refractivity contribution is 0.291. The van der Waals surface area contributed by atoms with Gasteiger partial charge in [0.15, 0.2) is 5.96 Å². The lowest BCUT2D eigenvalue weighted by atomic mass is 10.1. The molecule has 0 atom stereocenters. The van der Waals surface area contributed by atoms with Crippen LogP contribution in [0.5, 0.6) is 0 Å². The van der Waals surface area contributed by atoms with Crippen molar-refractivity contribution >= 4 is 5.96 Å². The van der Waals surface area contributed by atoms with Crippen molar-refractivity contribution < 1.29 is 0 Å². The van der Waals surface area contributed by atoms with Gasteiger partial charge in [-0.1, -0.05) is 26.7 Å². The minimum absolute atomic E-state index is 0.290. The van der Waals surface area contributed by atoms with Gasteiger partial charge in [-0.3, -0.25) is 4.99 Å². The number of guanidine groups is 1. The van der Waals surface area contributed by atoms with E-state index in [0.717, 1.165) is 18.4 Å². The van der Waals surface area contributed by atoms with E-state index in [9.17, 15) is 0 Å². The number of hydrogen-bond acceptors (Lipinski definition) is 1. The molecule has 1 saturated carbocycles. The van der Waals surface area contributed by atoms with Gasteiger partial charge in [-0.25, -0.2) is 0 Å². The first-order valence-electron chi connectivity index (χ1n) is 7.10. The second-order valence-electron chi connectivity index (χ2n) is 5.90. The van der Waals surface area contributed by atoms with Crippen molar-refractivity contribution in [3.63, 3.8) is 0 Å². The first-order chi connectivity index (χ1) is 8.00. The molecule has 17 heavy (non-hydrogen) atoms. The molecule has 0 amide bonds. The van der Waals surface area contributed by atoms with Gasteiger partial charge in [-0.05, 0) is 39.0 Å². The Morgan fingerprint density at radius 1 is 1.24 bits per heavy atom. The van der Waals surface area contributed by atoms with E-state index in [1.54, 1.807) is 0 Å². The number of nitrogens with zero attached hydrogens (tertiary/aromatic N) is 2. The molecule has 0 saturated heterocycles. The molecule has 3 nitrogen and oxygen atoms in total. The zero-order valence-corrected chi connectivity index (χ0v) is 11.9. The number of aliphatic imine (C=N–C) groups is 1. The van der Waals surface area contributed by atoms with Crippen LogP contribution in [-0.4, -0.2) is 29.5 Å². The van der Waals surface area contributed by atoms with E-state index in [1.807, 2.05) is 0 Å². The number of rotatable bonds is 5. The molecule has 0 radical (unpaired) electrons. The second-order valence-corrected chi connectivity index (χ2v) is 5.90. The van der Waals surface area contributed by atoms with E-state index in [4.69, 9.17) is 5.73 Å². The Morgan fingerprint density at radius 3 is 2.29 bits per heavy atom. The van der Waals surface area contributed by atoms with Gasteiger partial charge in [0.1, 0.15) is 0 Å². The minimum atomic E-state index is 0.290. The van der Waals surface area contributed by atoms with Crippen molar-refractivity contribution in [3.05, 3.63) is 0 Å². The Bertz CT molecular complexity index is 240. The zero-order chi connectivity index (χ0) is 12.8. The summed E-state index contributed by atoms with van der Waals surface area (Å²) in [6.07, 6.45) is 6.46. The molecule has 0 bridgehead atoms. The molecule has 3 heteroatoms. The minimum Gasteiger partial charge on any atom is -0.370 e. The third kappa shape index (κ3) is 4.97. The summed E-state index contributed by atoms with van der Waals surface area (Å²) in [6, 6.07) is 0.925. The van der Waals surface area contributed by atoms with Crippen molar-refractivity contribution in [1.82, 2.24) is 4.90 Å². The van der Waals surface area contributed by atoms with Gasteiger partial charge in [-0.2, -0.15) is 0 Å². The predicted molar refractivity (Wildman–Crippen MR) is 75.2 cm³/mol. The van der Waals surface area contributed by atoms with Gasteiger partial charge in [0.2, 0.25) is 0 Å². The highest BCUT2D eigenvalue weighted by Crippen LogP contribution is 2.24. The molecule has 100 valence electrons. The van der Waals surface area contributed by atoms with E-state index >= 15 is 0 Å². The van der Waals surface area contributed by atoms with Crippen LogP contribution in [0.3, 0.4) is 0 Å². The van der Waals surface area contributed by atoms with Crippen LogP contribution < -0.4 is 5.73 Å². The summed E-state index contributed by atoms with van der Waals surface area (Å²) >= 11 is 0.